The van der Waals surface area contributed by atoms with Gasteiger partial charge in [-0.2, -0.15) is 0 Å². The number of amides is 1. The van der Waals surface area contributed by atoms with Crippen molar-refractivity contribution in [1.82, 2.24) is 0 Å². The van der Waals surface area contributed by atoms with Crippen LogP contribution in [0, 0.1) is 5.92 Å². The molecule has 0 fully saturated rings. The fraction of sp³-hybridized carbons (Fsp3) is 0.667. The summed E-state index contributed by atoms with van der Waals surface area (Å²) in [4.78, 5) is 9.97. The second-order valence-electron chi connectivity index (χ2n) is 2.12. The van der Waals surface area contributed by atoms with Crippen LogP contribution < -0.4 is 5.73 Å². The smallest absolute Gasteiger partial charge is 0.404 e. The molecule has 1 amide bonds. The topological polar surface area (TPSA) is 52.3 Å². The number of primary amides is 1. The normalized spacial score (nSPS) is 9.67. The lowest BCUT2D eigenvalue weighted by Crippen LogP contribution is -2.14. The average molecular weight is 130 g/mol. The second kappa shape index (κ2) is 4.18. The number of hydrogen-bond acceptors (Lipinski definition) is 2. The third-order valence-electron chi connectivity index (χ3n) is 0.846. The van der Waals surface area contributed by atoms with Crippen LogP contribution in [0.15, 0.2) is 0 Å². The van der Waals surface area contributed by atoms with Crippen LogP contribution in [0.2, 0.25) is 0 Å². The molecule has 0 aromatic carbocycles. The molecule has 0 saturated heterocycles. The highest BCUT2D eigenvalue weighted by atomic mass is 16.5. The lowest BCUT2D eigenvalue weighted by atomic mass is 10.1. The van der Waals surface area contributed by atoms with Gasteiger partial charge in [0.15, 0.2) is 0 Å². The molecule has 0 spiro atoms. The fourth-order valence-electron chi connectivity index (χ4n) is 0.356. The summed E-state index contributed by atoms with van der Waals surface area (Å²) >= 11 is 0. The fourth-order valence-corrected chi connectivity index (χ4v) is 0.356. The van der Waals surface area contributed by atoms with Crippen LogP contribution in [0.25, 0.3) is 0 Å². The minimum Gasteiger partial charge on any atom is -0.450 e. The molecule has 0 bridgehead atoms. The van der Waals surface area contributed by atoms with Gasteiger partial charge in [-0.15, -0.1) is 0 Å². The molecule has 9 heavy (non-hydrogen) atoms. The molecule has 0 unspecified atom stereocenters. The molecule has 53 valence electrons. The Kier molecular flexibility index (Phi) is 3.84. The predicted octanol–water partition coefficient (Wildman–Crippen LogP) is 1.09. The van der Waals surface area contributed by atoms with E-state index in [1.54, 1.807) is 0 Å². The van der Waals surface area contributed by atoms with Gasteiger partial charge in [-0.05, 0) is 12.3 Å². The third-order valence-corrected chi connectivity index (χ3v) is 0.846. The van der Waals surface area contributed by atoms with E-state index in [-0.39, 0.29) is 0 Å². The zero-order valence-corrected chi connectivity index (χ0v) is 5.81. The van der Waals surface area contributed by atoms with Crippen molar-refractivity contribution in [2.24, 2.45) is 5.73 Å². The summed E-state index contributed by atoms with van der Waals surface area (Å²) in [6.45, 7) is 4.35. The standard InChI is InChI=1S/C6H12NO2/c1-5(2)3-4-9-6(7)8/h3-4H2,1-2H3,(H2,7,8). The Bertz CT molecular complexity index is 91.1. The zero-order valence-electron chi connectivity index (χ0n) is 5.81. The van der Waals surface area contributed by atoms with Crippen molar-refractivity contribution >= 4 is 6.09 Å². The van der Waals surface area contributed by atoms with E-state index in [4.69, 9.17) is 5.73 Å². The number of ether oxygens (including phenoxy) is 1. The van der Waals surface area contributed by atoms with Crippen LogP contribution in [0.3, 0.4) is 0 Å². The zero-order chi connectivity index (χ0) is 7.28. The molecule has 0 aliphatic carbocycles. The molecule has 0 aromatic heterocycles. The van der Waals surface area contributed by atoms with Gasteiger partial charge in [0.05, 0.1) is 6.61 Å². The number of rotatable bonds is 3. The maximum Gasteiger partial charge on any atom is 0.404 e. The van der Waals surface area contributed by atoms with Gasteiger partial charge in [0.2, 0.25) is 0 Å². The van der Waals surface area contributed by atoms with Crippen LogP contribution in [0.5, 0.6) is 0 Å². The summed E-state index contributed by atoms with van der Waals surface area (Å²) in [6.07, 6.45) is 0.0967. The molecular weight excluding hydrogens is 118 g/mol. The first kappa shape index (κ1) is 8.27. The van der Waals surface area contributed by atoms with Gasteiger partial charge < -0.3 is 10.5 Å². The van der Waals surface area contributed by atoms with E-state index in [1.807, 2.05) is 13.8 Å². The summed E-state index contributed by atoms with van der Waals surface area (Å²) in [5, 5.41) is 0. The molecule has 0 aliphatic heterocycles. The summed E-state index contributed by atoms with van der Waals surface area (Å²) in [7, 11) is 0. The minimum absolute atomic E-state index is 0.400. The first-order valence-corrected chi connectivity index (χ1v) is 2.84. The van der Waals surface area contributed by atoms with E-state index < -0.39 is 6.09 Å². The monoisotopic (exact) mass is 130 g/mol. The first-order valence-electron chi connectivity index (χ1n) is 2.84. The highest BCUT2D eigenvalue weighted by Gasteiger charge is 1.95. The lowest BCUT2D eigenvalue weighted by Gasteiger charge is -2.02. The van der Waals surface area contributed by atoms with E-state index >= 15 is 0 Å². The van der Waals surface area contributed by atoms with Crippen molar-refractivity contribution in [1.29, 1.82) is 0 Å². The maximum absolute atomic E-state index is 9.97. The van der Waals surface area contributed by atoms with Crippen LogP contribution >= 0.6 is 0 Å². The Balaban J connectivity index is 3.01. The molecule has 3 nitrogen and oxygen atoms in total. The predicted molar refractivity (Wildman–Crippen MR) is 34.7 cm³/mol. The first-order chi connectivity index (χ1) is 4.13. The van der Waals surface area contributed by atoms with Crippen LogP contribution in [-0.2, 0) is 4.74 Å². The quantitative estimate of drug-likeness (QED) is 0.621. The van der Waals surface area contributed by atoms with E-state index in [0.29, 0.717) is 6.61 Å². The van der Waals surface area contributed by atoms with Crippen molar-refractivity contribution in [2.45, 2.75) is 20.3 Å². The summed E-state index contributed by atoms with van der Waals surface area (Å²) in [6, 6.07) is 0. The molecule has 0 rings (SSSR count). The maximum atomic E-state index is 9.97. The second-order valence-corrected chi connectivity index (χ2v) is 2.12. The van der Waals surface area contributed by atoms with Gasteiger partial charge in [-0.25, -0.2) is 4.79 Å². The van der Waals surface area contributed by atoms with Crippen molar-refractivity contribution in [3.63, 3.8) is 0 Å². The number of hydrogen-bond donors (Lipinski definition) is 1. The molecule has 1 radical (unpaired) electrons. The Hall–Kier alpha value is -0.730. The van der Waals surface area contributed by atoms with E-state index in [1.165, 1.54) is 5.92 Å². The Morgan fingerprint density at radius 3 is 2.44 bits per heavy atom. The Labute approximate surface area is 55.2 Å². The summed E-state index contributed by atoms with van der Waals surface area (Å²) in [5.74, 6) is 1.23. The Morgan fingerprint density at radius 1 is 1.56 bits per heavy atom. The number of carbonyl (C=O) groups excluding carboxylic acids is 1. The highest BCUT2D eigenvalue weighted by Crippen LogP contribution is 2.00. The highest BCUT2D eigenvalue weighted by molar-refractivity contribution is 5.64. The van der Waals surface area contributed by atoms with Gasteiger partial charge in [-0.1, -0.05) is 13.8 Å². The summed E-state index contributed by atoms with van der Waals surface area (Å²) in [5.41, 5.74) is 4.71. The molecule has 2 N–H and O–H groups in total. The minimum atomic E-state index is -0.698. The molecule has 0 saturated carbocycles. The van der Waals surface area contributed by atoms with Gasteiger partial charge in [0.25, 0.3) is 0 Å². The van der Waals surface area contributed by atoms with Gasteiger partial charge in [-0.3, -0.25) is 0 Å². The average Bonchev–Trinajstić information content (AvgIpc) is 1.63. The van der Waals surface area contributed by atoms with Gasteiger partial charge in [0.1, 0.15) is 0 Å². The van der Waals surface area contributed by atoms with Gasteiger partial charge >= 0.3 is 6.09 Å². The van der Waals surface area contributed by atoms with Gasteiger partial charge in [0, 0.05) is 0 Å². The van der Waals surface area contributed by atoms with Crippen LogP contribution in [-0.4, -0.2) is 12.7 Å². The molecule has 0 aliphatic rings. The molecule has 3 heteroatoms. The molecule has 0 heterocycles. The van der Waals surface area contributed by atoms with E-state index in [9.17, 15) is 4.79 Å². The number of nitrogens with two attached hydrogens (primary N) is 1. The lowest BCUT2D eigenvalue weighted by molar-refractivity contribution is 0.156. The molecule has 0 aromatic rings. The van der Waals surface area contributed by atoms with Crippen LogP contribution in [0.4, 0.5) is 4.79 Å². The largest absolute Gasteiger partial charge is 0.450 e. The van der Waals surface area contributed by atoms with Crippen molar-refractivity contribution in [3.8, 4) is 0 Å². The van der Waals surface area contributed by atoms with E-state index in [2.05, 4.69) is 4.74 Å². The Morgan fingerprint density at radius 2 is 2.11 bits per heavy atom. The van der Waals surface area contributed by atoms with Crippen LogP contribution in [0.1, 0.15) is 20.3 Å². The summed E-state index contributed by atoms with van der Waals surface area (Å²) < 4.78 is 4.47. The molecule has 0 atom stereocenters. The van der Waals surface area contributed by atoms with Crippen molar-refractivity contribution in [3.05, 3.63) is 5.92 Å². The molecular formula is C6H12NO2. The van der Waals surface area contributed by atoms with Crippen molar-refractivity contribution in [2.75, 3.05) is 6.61 Å². The van der Waals surface area contributed by atoms with Crippen molar-refractivity contribution < 1.29 is 9.53 Å². The SMILES string of the molecule is C[C](C)CCOC(N)=O. The number of carbonyl (C=O) groups is 1. The third kappa shape index (κ3) is 7.27. The van der Waals surface area contributed by atoms with E-state index in [0.717, 1.165) is 6.42 Å².